The molecule has 0 bridgehead atoms. The van der Waals surface area contributed by atoms with E-state index in [1.807, 2.05) is 0 Å². The van der Waals surface area contributed by atoms with E-state index in [-0.39, 0.29) is 29.8 Å². The zero-order valence-corrected chi connectivity index (χ0v) is 14.8. The van der Waals surface area contributed by atoms with Gasteiger partial charge in [0.25, 0.3) is 0 Å². The van der Waals surface area contributed by atoms with E-state index in [1.165, 1.54) is 12.1 Å². The number of amides is 2. The summed E-state index contributed by atoms with van der Waals surface area (Å²) in [6.45, 7) is 4.57. The van der Waals surface area contributed by atoms with Gasteiger partial charge in [-0.25, -0.2) is 8.42 Å². The minimum Gasteiger partial charge on any atom is -0.355 e. The molecule has 2 rings (SSSR count). The quantitative estimate of drug-likeness (QED) is 0.791. The molecular formula is C16H23N3O4S. The lowest BCUT2D eigenvalue weighted by molar-refractivity contribution is -0.121. The number of hydrogen-bond donors (Lipinski definition) is 1. The highest BCUT2D eigenvalue weighted by molar-refractivity contribution is 7.89. The molecular weight excluding hydrogens is 330 g/mol. The van der Waals surface area contributed by atoms with Crippen LogP contribution in [0.4, 0.5) is 5.69 Å². The van der Waals surface area contributed by atoms with E-state index >= 15 is 0 Å². The molecule has 1 heterocycles. The van der Waals surface area contributed by atoms with E-state index in [4.69, 9.17) is 0 Å². The van der Waals surface area contributed by atoms with Crippen molar-refractivity contribution in [2.45, 2.75) is 31.6 Å². The topological polar surface area (TPSA) is 86.8 Å². The molecule has 1 aromatic rings. The van der Waals surface area contributed by atoms with Crippen LogP contribution in [-0.2, 0) is 19.6 Å². The first-order valence-corrected chi connectivity index (χ1v) is 9.51. The molecule has 0 aromatic heterocycles. The van der Waals surface area contributed by atoms with Gasteiger partial charge in [0.1, 0.15) is 0 Å². The van der Waals surface area contributed by atoms with Crippen molar-refractivity contribution in [3.63, 3.8) is 0 Å². The summed E-state index contributed by atoms with van der Waals surface area (Å²) in [5, 5.41) is 2.60. The third-order valence-electron chi connectivity index (χ3n) is 3.91. The van der Waals surface area contributed by atoms with E-state index in [1.54, 1.807) is 30.9 Å². The van der Waals surface area contributed by atoms with Gasteiger partial charge in [-0.15, -0.1) is 0 Å². The van der Waals surface area contributed by atoms with Crippen LogP contribution in [0.5, 0.6) is 0 Å². The highest BCUT2D eigenvalue weighted by Crippen LogP contribution is 2.24. The summed E-state index contributed by atoms with van der Waals surface area (Å²) in [7, 11) is -3.75. The van der Waals surface area contributed by atoms with Crippen molar-refractivity contribution in [2.75, 3.05) is 31.1 Å². The smallest absolute Gasteiger partial charge is 0.243 e. The highest BCUT2D eigenvalue weighted by Gasteiger charge is 2.26. The van der Waals surface area contributed by atoms with Crippen molar-refractivity contribution in [3.05, 3.63) is 24.3 Å². The normalized spacial score (nSPS) is 15.1. The van der Waals surface area contributed by atoms with Crippen LogP contribution in [0.25, 0.3) is 0 Å². The molecule has 0 unspecified atom stereocenters. The molecule has 0 atom stereocenters. The number of hydrogen-bond acceptors (Lipinski definition) is 4. The number of sulfonamides is 1. The molecule has 1 aliphatic heterocycles. The van der Waals surface area contributed by atoms with Gasteiger partial charge < -0.3 is 10.2 Å². The number of carbonyl (C=O) groups excluding carboxylic acids is 2. The number of likely N-dealkylation sites (N-methyl/N-ethyl adjacent to an activating group) is 2. The average Bonchev–Trinajstić information content (AvgIpc) is 2.99. The van der Waals surface area contributed by atoms with Gasteiger partial charge in [0.15, 0.2) is 0 Å². The van der Waals surface area contributed by atoms with Gasteiger partial charge in [0.05, 0.1) is 11.4 Å². The molecule has 8 heteroatoms. The largest absolute Gasteiger partial charge is 0.355 e. The van der Waals surface area contributed by atoms with Gasteiger partial charge in [-0.05, 0) is 37.6 Å². The second-order valence-electron chi connectivity index (χ2n) is 5.53. The Kier molecular flexibility index (Phi) is 5.95. The van der Waals surface area contributed by atoms with Crippen LogP contribution in [0.1, 0.15) is 26.7 Å². The van der Waals surface area contributed by atoms with E-state index < -0.39 is 10.0 Å². The van der Waals surface area contributed by atoms with Crippen LogP contribution in [0.15, 0.2) is 29.2 Å². The highest BCUT2D eigenvalue weighted by atomic mass is 32.2. The standard InChI is InChI=1S/C16H23N3O4S/c1-3-17-15(20)12-18(4-2)24(22,23)14-9-7-13(8-10-14)19-11-5-6-16(19)21/h7-10H,3-6,11-12H2,1-2H3,(H,17,20). The van der Waals surface area contributed by atoms with Crippen molar-refractivity contribution in [3.8, 4) is 0 Å². The second kappa shape index (κ2) is 7.76. The number of benzene rings is 1. The summed E-state index contributed by atoms with van der Waals surface area (Å²) in [4.78, 5) is 25.2. The predicted molar refractivity (Wildman–Crippen MR) is 91.1 cm³/mol. The second-order valence-corrected chi connectivity index (χ2v) is 7.47. The lowest BCUT2D eigenvalue weighted by Crippen LogP contribution is -2.40. The fourth-order valence-corrected chi connectivity index (χ4v) is 4.05. The SMILES string of the molecule is CCNC(=O)CN(CC)S(=O)(=O)c1ccc(N2CCCC2=O)cc1. The molecule has 2 amide bonds. The molecule has 1 N–H and O–H groups in total. The van der Waals surface area contributed by atoms with Crippen molar-refractivity contribution < 1.29 is 18.0 Å². The van der Waals surface area contributed by atoms with Gasteiger partial charge in [-0.2, -0.15) is 4.31 Å². The number of nitrogens with one attached hydrogen (secondary N) is 1. The first kappa shape index (κ1) is 18.4. The number of carbonyl (C=O) groups is 2. The van der Waals surface area contributed by atoms with E-state index in [0.29, 0.717) is 25.2 Å². The van der Waals surface area contributed by atoms with Crippen molar-refractivity contribution in [2.24, 2.45) is 0 Å². The summed E-state index contributed by atoms with van der Waals surface area (Å²) >= 11 is 0. The summed E-state index contributed by atoms with van der Waals surface area (Å²) < 4.78 is 26.5. The van der Waals surface area contributed by atoms with E-state index in [0.717, 1.165) is 10.7 Å². The molecule has 1 aliphatic rings. The van der Waals surface area contributed by atoms with Gasteiger partial charge >= 0.3 is 0 Å². The Bertz CT molecular complexity index is 701. The lowest BCUT2D eigenvalue weighted by atomic mass is 10.3. The lowest BCUT2D eigenvalue weighted by Gasteiger charge is -2.21. The van der Waals surface area contributed by atoms with Crippen LogP contribution < -0.4 is 10.2 Å². The van der Waals surface area contributed by atoms with Crippen LogP contribution in [-0.4, -0.2) is 50.7 Å². The van der Waals surface area contributed by atoms with Gasteiger partial charge in [0.2, 0.25) is 21.8 Å². The number of nitrogens with zero attached hydrogens (tertiary/aromatic N) is 2. The molecule has 24 heavy (non-hydrogen) atoms. The van der Waals surface area contributed by atoms with Crippen LogP contribution in [0.2, 0.25) is 0 Å². The third kappa shape index (κ3) is 3.93. The Morgan fingerprint density at radius 2 is 1.92 bits per heavy atom. The van der Waals surface area contributed by atoms with Crippen LogP contribution in [0, 0.1) is 0 Å². The van der Waals surface area contributed by atoms with Crippen molar-refractivity contribution in [1.29, 1.82) is 0 Å². The minimum absolute atomic E-state index is 0.0528. The summed E-state index contributed by atoms with van der Waals surface area (Å²) in [6.07, 6.45) is 1.34. The molecule has 132 valence electrons. The van der Waals surface area contributed by atoms with Gasteiger partial charge in [-0.1, -0.05) is 6.92 Å². The molecule has 0 spiro atoms. The zero-order chi connectivity index (χ0) is 17.7. The molecule has 1 fully saturated rings. The fraction of sp³-hybridized carbons (Fsp3) is 0.500. The van der Waals surface area contributed by atoms with Gasteiger partial charge in [0, 0.05) is 31.7 Å². The maximum atomic E-state index is 12.7. The van der Waals surface area contributed by atoms with Crippen molar-refractivity contribution in [1.82, 2.24) is 9.62 Å². The summed E-state index contributed by atoms with van der Waals surface area (Å²) in [6, 6.07) is 6.24. The molecule has 1 aromatic carbocycles. The maximum absolute atomic E-state index is 12.7. The van der Waals surface area contributed by atoms with Crippen LogP contribution >= 0.6 is 0 Å². The van der Waals surface area contributed by atoms with E-state index in [2.05, 4.69) is 5.32 Å². The number of anilines is 1. The van der Waals surface area contributed by atoms with Crippen LogP contribution in [0.3, 0.4) is 0 Å². The zero-order valence-electron chi connectivity index (χ0n) is 14.0. The maximum Gasteiger partial charge on any atom is 0.243 e. The molecule has 1 saturated heterocycles. The Morgan fingerprint density at radius 3 is 2.42 bits per heavy atom. The monoisotopic (exact) mass is 353 g/mol. The summed E-state index contributed by atoms with van der Waals surface area (Å²) in [5.41, 5.74) is 0.697. The molecule has 7 nitrogen and oxygen atoms in total. The molecule has 0 aliphatic carbocycles. The minimum atomic E-state index is -3.75. The first-order valence-electron chi connectivity index (χ1n) is 8.07. The first-order chi connectivity index (χ1) is 11.4. The number of rotatable bonds is 7. The van der Waals surface area contributed by atoms with Gasteiger partial charge in [-0.3, -0.25) is 9.59 Å². The van der Waals surface area contributed by atoms with Crippen molar-refractivity contribution >= 4 is 27.5 Å². The fourth-order valence-electron chi connectivity index (χ4n) is 2.65. The average molecular weight is 353 g/mol. The Labute approximate surface area is 142 Å². The molecule has 0 radical (unpaired) electrons. The third-order valence-corrected chi connectivity index (χ3v) is 5.84. The predicted octanol–water partition coefficient (Wildman–Crippen LogP) is 0.960. The Hall–Kier alpha value is -1.93. The Balaban J connectivity index is 2.18. The molecule has 0 saturated carbocycles. The Morgan fingerprint density at radius 1 is 1.25 bits per heavy atom. The summed E-state index contributed by atoms with van der Waals surface area (Å²) in [5.74, 6) is -0.278. The van der Waals surface area contributed by atoms with E-state index in [9.17, 15) is 18.0 Å².